The number of fused-ring (bicyclic) bond motifs is 2. The molecule has 10 nitrogen and oxygen atoms in total. The van der Waals surface area contributed by atoms with E-state index in [9.17, 15) is 35.5 Å². The van der Waals surface area contributed by atoms with Crippen LogP contribution in [0, 0.1) is 13.8 Å². The second-order valence-electron chi connectivity index (χ2n) is 9.27. The molecule has 0 saturated carbocycles. The summed E-state index contributed by atoms with van der Waals surface area (Å²) in [5.74, 6) is -1.12. The van der Waals surface area contributed by atoms with Crippen LogP contribution < -0.4 is 69.7 Å². The van der Waals surface area contributed by atoms with E-state index in [1.54, 1.807) is 26.0 Å². The number of benzene rings is 4. The van der Waals surface area contributed by atoms with E-state index in [1.165, 1.54) is 60.7 Å². The Hall–Kier alpha value is -2.36. The van der Waals surface area contributed by atoms with Crippen LogP contribution in [0.2, 0.25) is 0 Å². The predicted molar refractivity (Wildman–Crippen MR) is 145 cm³/mol. The number of carbonyl (C=O) groups excluding carboxylic acids is 2. The van der Waals surface area contributed by atoms with Gasteiger partial charge in [-0.3, -0.25) is 9.59 Å². The van der Waals surface area contributed by atoms with E-state index in [-0.39, 0.29) is 104 Å². The Bertz CT molecular complexity index is 1840. The van der Waals surface area contributed by atoms with Crippen molar-refractivity contribution in [3.63, 3.8) is 0 Å². The number of ketones is 2. The first-order valence-corrected chi connectivity index (χ1v) is 14.6. The van der Waals surface area contributed by atoms with Crippen LogP contribution in [0.1, 0.15) is 43.0 Å². The van der Waals surface area contributed by atoms with Crippen molar-refractivity contribution in [3.8, 4) is 0 Å². The fraction of sp³-hybridized carbons (Fsp3) is 0.0714. The number of hydrogen-bond acceptors (Lipinski definition) is 10. The molecule has 0 aliphatic heterocycles. The molecular weight excluding hydrogens is 602 g/mol. The molecule has 0 unspecified atom stereocenters. The quantitative estimate of drug-likeness (QED) is 0.166. The summed E-state index contributed by atoms with van der Waals surface area (Å²) >= 11 is 0. The van der Waals surface area contributed by atoms with E-state index in [1.807, 2.05) is 0 Å². The summed E-state index contributed by atoms with van der Waals surface area (Å²) in [6, 6.07) is 17.2. The molecule has 0 saturated heterocycles. The first kappa shape index (κ1) is 34.1. The molecule has 0 fully saturated rings. The van der Waals surface area contributed by atoms with Crippen molar-refractivity contribution in [2.75, 3.05) is 10.6 Å². The van der Waals surface area contributed by atoms with Gasteiger partial charge >= 0.3 is 59.1 Å². The van der Waals surface area contributed by atoms with E-state index in [0.29, 0.717) is 11.1 Å². The molecule has 1 aliphatic carbocycles. The molecule has 0 atom stereocenters. The molecule has 4 aromatic rings. The molecule has 0 radical (unpaired) electrons. The van der Waals surface area contributed by atoms with Crippen molar-refractivity contribution in [2.24, 2.45) is 0 Å². The maximum atomic E-state index is 14.0. The molecule has 0 spiro atoms. The van der Waals surface area contributed by atoms with Crippen molar-refractivity contribution in [2.45, 2.75) is 23.6 Å². The Kier molecular flexibility index (Phi) is 10.3. The van der Waals surface area contributed by atoms with Crippen LogP contribution in [0.25, 0.3) is 0 Å². The van der Waals surface area contributed by atoms with Crippen LogP contribution in [0.4, 0.5) is 22.7 Å². The van der Waals surface area contributed by atoms with E-state index >= 15 is 0 Å². The predicted octanol–water partition coefficient (Wildman–Crippen LogP) is -1.62. The Morgan fingerprint density at radius 3 is 1.29 bits per heavy atom. The summed E-state index contributed by atoms with van der Waals surface area (Å²) in [5, 5.41) is 5.65. The van der Waals surface area contributed by atoms with Crippen LogP contribution in [-0.4, -0.2) is 37.5 Å². The van der Waals surface area contributed by atoms with Crippen molar-refractivity contribution < 1.29 is 94.6 Å². The number of rotatable bonds is 6. The van der Waals surface area contributed by atoms with E-state index in [2.05, 4.69) is 10.6 Å². The van der Waals surface area contributed by atoms with Crippen molar-refractivity contribution in [1.82, 2.24) is 0 Å². The standard InChI is InChI=1S/C28H22N2O8S2.2Na/c1-15-9-11-19(23(13-15)39(33,34)35)29-21-7-3-5-17-25(21)28(32)26-18(27(17)31)6-4-8-22(26)30-20-12-10-16(2)14-24(20)40(36,37)38;;/h3-14,29-30H,1-2H3,(H,33,34,35)(H,36,37,38);;/q;2*+1/p-2. The normalized spacial score (nSPS) is 12.4. The second kappa shape index (κ2) is 12.7. The largest absolute Gasteiger partial charge is 1.00 e. The molecule has 1 aliphatic rings. The molecule has 14 heteroatoms. The number of aryl methyl sites for hydroxylation is 2. The Morgan fingerprint density at radius 2 is 0.929 bits per heavy atom. The Balaban J connectivity index is 0.00000242. The second-order valence-corrected chi connectivity index (χ2v) is 12.0. The zero-order valence-electron chi connectivity index (χ0n) is 23.0. The van der Waals surface area contributed by atoms with Gasteiger partial charge in [0.25, 0.3) is 0 Å². The van der Waals surface area contributed by atoms with Gasteiger partial charge in [0, 0.05) is 11.1 Å². The third kappa shape index (κ3) is 6.58. The summed E-state index contributed by atoms with van der Waals surface area (Å²) in [5.41, 5.74) is 1.06. The third-order valence-corrected chi connectivity index (χ3v) is 8.18. The van der Waals surface area contributed by atoms with Crippen molar-refractivity contribution >= 4 is 54.6 Å². The van der Waals surface area contributed by atoms with E-state index < -0.39 is 41.6 Å². The van der Waals surface area contributed by atoms with Crippen LogP contribution in [-0.2, 0) is 20.2 Å². The molecule has 0 heterocycles. The first-order chi connectivity index (χ1) is 18.8. The zero-order valence-corrected chi connectivity index (χ0v) is 28.6. The number of hydrogen-bond donors (Lipinski definition) is 2. The topological polar surface area (TPSA) is 173 Å². The number of nitrogens with one attached hydrogen (secondary N) is 2. The molecule has 0 bridgehead atoms. The molecule has 2 N–H and O–H groups in total. The fourth-order valence-corrected chi connectivity index (χ4v) is 6.06. The maximum absolute atomic E-state index is 14.0. The molecule has 42 heavy (non-hydrogen) atoms. The van der Waals surface area contributed by atoms with Gasteiger partial charge in [-0.15, -0.1) is 0 Å². The molecule has 0 amide bonds. The minimum Gasteiger partial charge on any atom is -0.744 e. The smallest absolute Gasteiger partial charge is 0.744 e. The summed E-state index contributed by atoms with van der Waals surface area (Å²) in [6.45, 7) is 3.24. The van der Waals surface area contributed by atoms with Gasteiger partial charge < -0.3 is 19.7 Å². The van der Waals surface area contributed by atoms with E-state index in [0.717, 1.165) is 0 Å². The number of carbonyl (C=O) groups is 2. The molecule has 204 valence electrons. The molecule has 5 rings (SSSR count). The molecular formula is C28H20N2Na2O8S2. The van der Waals surface area contributed by atoms with Gasteiger partial charge in [-0.1, -0.05) is 36.4 Å². The summed E-state index contributed by atoms with van der Waals surface area (Å²) < 4.78 is 71.5. The van der Waals surface area contributed by atoms with Crippen molar-refractivity contribution in [1.29, 1.82) is 0 Å². The first-order valence-electron chi connectivity index (χ1n) is 11.8. The molecule has 0 aromatic heterocycles. The van der Waals surface area contributed by atoms with Crippen LogP contribution in [0.3, 0.4) is 0 Å². The minimum atomic E-state index is -4.88. The molecule has 4 aromatic carbocycles. The van der Waals surface area contributed by atoms with E-state index in [4.69, 9.17) is 0 Å². The van der Waals surface area contributed by atoms with Gasteiger partial charge in [-0.2, -0.15) is 0 Å². The van der Waals surface area contributed by atoms with Gasteiger partial charge in [0.15, 0.2) is 11.6 Å². The average molecular weight is 623 g/mol. The fourth-order valence-electron chi connectivity index (χ4n) is 4.62. The minimum absolute atomic E-state index is 0. The summed E-state index contributed by atoms with van der Waals surface area (Å²) in [4.78, 5) is 26.4. The summed E-state index contributed by atoms with van der Waals surface area (Å²) in [7, 11) is -9.76. The van der Waals surface area contributed by atoms with Gasteiger partial charge in [-0.25, -0.2) is 16.8 Å². The van der Waals surface area contributed by atoms with Gasteiger partial charge in [0.05, 0.1) is 43.7 Å². The zero-order chi connectivity index (χ0) is 29.0. The van der Waals surface area contributed by atoms with Gasteiger partial charge in [0.1, 0.15) is 20.2 Å². The van der Waals surface area contributed by atoms with Crippen molar-refractivity contribution in [3.05, 3.63) is 106 Å². The van der Waals surface area contributed by atoms with Crippen LogP contribution in [0.5, 0.6) is 0 Å². The van der Waals surface area contributed by atoms with Gasteiger partial charge in [0.2, 0.25) is 0 Å². The van der Waals surface area contributed by atoms with Crippen LogP contribution >= 0.6 is 0 Å². The Morgan fingerprint density at radius 1 is 0.548 bits per heavy atom. The van der Waals surface area contributed by atoms with Gasteiger partial charge in [-0.05, 0) is 61.4 Å². The maximum Gasteiger partial charge on any atom is 1.00 e. The summed E-state index contributed by atoms with van der Waals surface area (Å²) in [6.07, 6.45) is 0. The average Bonchev–Trinajstić information content (AvgIpc) is 2.88. The monoisotopic (exact) mass is 622 g/mol. The Labute approximate surface area is 287 Å². The number of anilines is 4. The SMILES string of the molecule is Cc1ccc(Nc2cccc3c2C(=O)c2c(Nc4ccc(C)cc4S(=O)(=O)[O-])cccc2C3=O)c(S(=O)(=O)[O-])c1.[Na+].[Na+]. The van der Waals surface area contributed by atoms with Crippen LogP contribution in [0.15, 0.2) is 82.6 Å². The third-order valence-electron chi connectivity index (χ3n) is 6.42.